The summed E-state index contributed by atoms with van der Waals surface area (Å²) in [6, 6.07) is 14.3. The van der Waals surface area contributed by atoms with E-state index in [1.54, 1.807) is 7.11 Å². The molecule has 0 heterocycles. The normalized spacial score (nSPS) is 11.3. The smallest absolute Gasteiger partial charge is 0.193 e. The summed E-state index contributed by atoms with van der Waals surface area (Å²) < 4.78 is 10.9. The van der Waals surface area contributed by atoms with Gasteiger partial charge in [0.25, 0.3) is 0 Å². The molecule has 2 aromatic carbocycles. The molecule has 0 aromatic heterocycles. The number of aryl methyl sites for hydroxylation is 2. The molecule has 5 heteroatoms. The number of ether oxygens (including phenoxy) is 2. The molecule has 5 nitrogen and oxygen atoms in total. The lowest BCUT2D eigenvalue weighted by Crippen LogP contribution is -2.22. The van der Waals surface area contributed by atoms with Gasteiger partial charge in [0.05, 0.1) is 13.7 Å². The predicted octanol–water partition coefficient (Wildman–Crippen LogP) is 4.02. The highest BCUT2D eigenvalue weighted by atomic mass is 16.5. The van der Waals surface area contributed by atoms with Crippen molar-refractivity contribution >= 4 is 11.6 Å². The fourth-order valence-electron chi connectivity index (χ4n) is 2.64. The monoisotopic (exact) mass is 355 g/mol. The minimum absolute atomic E-state index is 0.444. The van der Waals surface area contributed by atoms with Gasteiger partial charge in [-0.05, 0) is 61.6 Å². The highest BCUT2D eigenvalue weighted by Crippen LogP contribution is 2.28. The molecule has 140 valence electrons. The van der Waals surface area contributed by atoms with E-state index in [0.717, 1.165) is 36.4 Å². The maximum Gasteiger partial charge on any atom is 0.193 e. The minimum Gasteiger partial charge on any atom is -0.493 e. The summed E-state index contributed by atoms with van der Waals surface area (Å²) >= 11 is 0. The zero-order valence-corrected chi connectivity index (χ0v) is 15.9. The summed E-state index contributed by atoms with van der Waals surface area (Å²) in [6.07, 6.45) is 2.85. The van der Waals surface area contributed by atoms with Crippen molar-refractivity contribution in [3.63, 3.8) is 0 Å². The quantitative estimate of drug-likeness (QED) is 0.405. The summed E-state index contributed by atoms with van der Waals surface area (Å²) in [5.41, 5.74) is 9.42. The maximum atomic E-state index is 5.96. The predicted molar refractivity (Wildman–Crippen MR) is 108 cm³/mol. The SMILES string of the molecule is CCOc1cc(CCCN=C(N)Nc2ccc(CC)cc2)ccc1OC. The van der Waals surface area contributed by atoms with Crippen molar-refractivity contribution in [1.29, 1.82) is 0 Å². The number of guanidine groups is 1. The van der Waals surface area contributed by atoms with Crippen LogP contribution in [0.2, 0.25) is 0 Å². The third-order valence-electron chi connectivity index (χ3n) is 4.07. The lowest BCUT2D eigenvalue weighted by molar-refractivity contribution is 0.310. The molecule has 3 N–H and O–H groups in total. The van der Waals surface area contributed by atoms with Crippen LogP contribution in [0.4, 0.5) is 5.69 Å². The van der Waals surface area contributed by atoms with Crippen LogP contribution >= 0.6 is 0 Å². The Morgan fingerprint density at radius 3 is 2.42 bits per heavy atom. The molecule has 0 saturated heterocycles. The minimum atomic E-state index is 0.444. The Labute approximate surface area is 156 Å². The van der Waals surface area contributed by atoms with Gasteiger partial charge in [0.2, 0.25) is 0 Å². The van der Waals surface area contributed by atoms with Crippen molar-refractivity contribution in [3.05, 3.63) is 53.6 Å². The van der Waals surface area contributed by atoms with Gasteiger partial charge < -0.3 is 20.5 Å². The van der Waals surface area contributed by atoms with Crippen LogP contribution in [0.25, 0.3) is 0 Å². The van der Waals surface area contributed by atoms with Gasteiger partial charge in [-0.15, -0.1) is 0 Å². The average molecular weight is 355 g/mol. The van der Waals surface area contributed by atoms with Crippen LogP contribution in [0.3, 0.4) is 0 Å². The van der Waals surface area contributed by atoms with Gasteiger partial charge in [0.15, 0.2) is 17.5 Å². The summed E-state index contributed by atoms with van der Waals surface area (Å²) in [5.74, 6) is 1.99. The number of nitrogens with zero attached hydrogens (tertiary/aromatic N) is 1. The van der Waals surface area contributed by atoms with Crippen LogP contribution in [-0.4, -0.2) is 26.2 Å². The Kier molecular flexibility index (Phi) is 7.80. The van der Waals surface area contributed by atoms with E-state index in [9.17, 15) is 0 Å². The van der Waals surface area contributed by atoms with E-state index in [1.165, 1.54) is 11.1 Å². The third-order valence-corrected chi connectivity index (χ3v) is 4.07. The Morgan fingerprint density at radius 1 is 1.04 bits per heavy atom. The fourth-order valence-corrected chi connectivity index (χ4v) is 2.64. The fraction of sp³-hybridized carbons (Fsp3) is 0.381. The lowest BCUT2D eigenvalue weighted by atomic mass is 10.1. The second kappa shape index (κ2) is 10.3. The maximum absolute atomic E-state index is 5.96. The number of anilines is 1. The molecule has 0 aliphatic rings. The zero-order chi connectivity index (χ0) is 18.8. The standard InChI is InChI=1S/C21H29N3O2/c1-4-16-8-11-18(12-9-16)24-21(22)23-14-6-7-17-10-13-19(25-3)20(15-17)26-5-2/h8-13,15H,4-7,14H2,1-3H3,(H3,22,23,24). The first kappa shape index (κ1) is 19.6. The molecule has 0 aliphatic heterocycles. The molecule has 2 rings (SSSR count). The largest absolute Gasteiger partial charge is 0.493 e. The Morgan fingerprint density at radius 2 is 1.77 bits per heavy atom. The van der Waals surface area contributed by atoms with Gasteiger partial charge in [-0.2, -0.15) is 0 Å². The number of benzene rings is 2. The van der Waals surface area contributed by atoms with E-state index in [4.69, 9.17) is 15.2 Å². The molecule has 2 aromatic rings. The number of methoxy groups -OCH3 is 1. The molecule has 0 saturated carbocycles. The lowest BCUT2D eigenvalue weighted by Gasteiger charge is -2.11. The van der Waals surface area contributed by atoms with Crippen LogP contribution in [-0.2, 0) is 12.8 Å². The number of rotatable bonds is 9. The summed E-state index contributed by atoms with van der Waals surface area (Å²) in [7, 11) is 1.65. The van der Waals surface area contributed by atoms with Gasteiger partial charge >= 0.3 is 0 Å². The van der Waals surface area contributed by atoms with E-state index in [-0.39, 0.29) is 0 Å². The number of nitrogens with two attached hydrogens (primary N) is 1. The first-order valence-corrected chi connectivity index (χ1v) is 9.11. The first-order valence-electron chi connectivity index (χ1n) is 9.11. The highest BCUT2D eigenvalue weighted by molar-refractivity contribution is 5.92. The van der Waals surface area contributed by atoms with Crippen molar-refractivity contribution in [2.24, 2.45) is 10.7 Å². The Hall–Kier alpha value is -2.69. The third kappa shape index (κ3) is 5.99. The molecule has 0 radical (unpaired) electrons. The van der Waals surface area contributed by atoms with E-state index >= 15 is 0 Å². The molecular weight excluding hydrogens is 326 g/mol. The van der Waals surface area contributed by atoms with Crippen LogP contribution in [0.15, 0.2) is 47.5 Å². The molecular formula is C21H29N3O2. The van der Waals surface area contributed by atoms with E-state index in [2.05, 4.69) is 35.4 Å². The van der Waals surface area contributed by atoms with Gasteiger partial charge in [-0.1, -0.05) is 25.1 Å². The molecule has 26 heavy (non-hydrogen) atoms. The molecule has 0 fully saturated rings. The molecule has 0 unspecified atom stereocenters. The summed E-state index contributed by atoms with van der Waals surface area (Å²) in [6.45, 7) is 5.39. The number of hydrogen-bond acceptors (Lipinski definition) is 3. The number of aliphatic imine (C=N–C) groups is 1. The van der Waals surface area contributed by atoms with E-state index in [1.807, 2.05) is 31.2 Å². The van der Waals surface area contributed by atoms with Crippen molar-refractivity contribution < 1.29 is 9.47 Å². The van der Waals surface area contributed by atoms with Crippen LogP contribution in [0.1, 0.15) is 31.4 Å². The number of hydrogen-bond donors (Lipinski definition) is 2. The van der Waals surface area contributed by atoms with Crippen LogP contribution in [0.5, 0.6) is 11.5 Å². The Bertz CT molecular complexity index is 712. The van der Waals surface area contributed by atoms with Crippen LogP contribution < -0.4 is 20.5 Å². The second-order valence-electron chi connectivity index (χ2n) is 5.96. The first-order chi connectivity index (χ1) is 12.7. The van der Waals surface area contributed by atoms with Crippen LogP contribution in [0, 0.1) is 0 Å². The van der Waals surface area contributed by atoms with E-state index in [0.29, 0.717) is 19.1 Å². The van der Waals surface area contributed by atoms with Gasteiger partial charge in [0, 0.05) is 12.2 Å². The topological polar surface area (TPSA) is 68.9 Å². The van der Waals surface area contributed by atoms with Crippen molar-refractivity contribution in [2.75, 3.05) is 25.6 Å². The molecule has 0 bridgehead atoms. The Balaban J connectivity index is 1.82. The van der Waals surface area contributed by atoms with Crippen molar-refractivity contribution in [3.8, 4) is 11.5 Å². The second-order valence-corrected chi connectivity index (χ2v) is 5.96. The van der Waals surface area contributed by atoms with Crippen molar-refractivity contribution in [2.45, 2.75) is 33.1 Å². The molecule has 0 aliphatic carbocycles. The summed E-state index contributed by atoms with van der Waals surface area (Å²) in [5, 5.41) is 3.12. The number of nitrogens with one attached hydrogen (secondary N) is 1. The molecule has 0 amide bonds. The molecule has 0 atom stereocenters. The van der Waals surface area contributed by atoms with Gasteiger partial charge in [-0.3, -0.25) is 4.99 Å². The van der Waals surface area contributed by atoms with Gasteiger partial charge in [-0.25, -0.2) is 0 Å². The summed E-state index contributed by atoms with van der Waals surface area (Å²) in [4.78, 5) is 4.40. The molecule has 0 spiro atoms. The van der Waals surface area contributed by atoms with Crippen molar-refractivity contribution in [1.82, 2.24) is 0 Å². The zero-order valence-electron chi connectivity index (χ0n) is 15.9. The van der Waals surface area contributed by atoms with Gasteiger partial charge in [0.1, 0.15) is 0 Å². The van der Waals surface area contributed by atoms with E-state index < -0.39 is 0 Å². The highest BCUT2D eigenvalue weighted by Gasteiger charge is 2.05. The average Bonchev–Trinajstić information content (AvgIpc) is 2.66.